The third-order valence-corrected chi connectivity index (χ3v) is 1.70. The standard InChI is InChI=1S/C9H20N2O2/c1-7(12)11-8(2,3)6-9(4,5)13-10/h6,10H2,1-5H3,(H,11,12). The summed E-state index contributed by atoms with van der Waals surface area (Å²) in [7, 11) is 0. The molecule has 0 atom stereocenters. The quantitative estimate of drug-likeness (QED) is 0.646. The minimum absolute atomic E-state index is 0.0437. The Hall–Kier alpha value is -0.610. The number of amides is 1. The molecule has 0 aliphatic carbocycles. The van der Waals surface area contributed by atoms with Crippen molar-refractivity contribution in [3.63, 3.8) is 0 Å². The highest BCUT2D eigenvalue weighted by Crippen LogP contribution is 2.21. The summed E-state index contributed by atoms with van der Waals surface area (Å²) in [4.78, 5) is 15.7. The van der Waals surface area contributed by atoms with Gasteiger partial charge < -0.3 is 5.32 Å². The Kier molecular flexibility index (Phi) is 3.88. The molecule has 0 aliphatic heterocycles. The first-order valence-electron chi connectivity index (χ1n) is 4.35. The Labute approximate surface area is 79.8 Å². The lowest BCUT2D eigenvalue weighted by Gasteiger charge is -2.33. The monoisotopic (exact) mass is 188 g/mol. The van der Waals surface area contributed by atoms with Crippen molar-refractivity contribution in [1.29, 1.82) is 0 Å². The number of nitrogens with one attached hydrogen (secondary N) is 1. The summed E-state index contributed by atoms with van der Waals surface area (Å²) in [5.41, 5.74) is -0.722. The zero-order valence-corrected chi connectivity index (χ0v) is 9.10. The average Bonchev–Trinajstić information content (AvgIpc) is 1.81. The van der Waals surface area contributed by atoms with Crippen molar-refractivity contribution < 1.29 is 9.63 Å². The van der Waals surface area contributed by atoms with E-state index in [0.29, 0.717) is 6.42 Å². The van der Waals surface area contributed by atoms with Crippen LogP contribution < -0.4 is 11.2 Å². The molecule has 3 N–H and O–H groups in total. The van der Waals surface area contributed by atoms with Gasteiger partial charge in [-0.3, -0.25) is 9.63 Å². The van der Waals surface area contributed by atoms with Crippen molar-refractivity contribution >= 4 is 5.91 Å². The summed E-state index contributed by atoms with van der Waals surface area (Å²) in [6.45, 7) is 9.15. The van der Waals surface area contributed by atoms with Crippen LogP contribution in [0.3, 0.4) is 0 Å². The van der Waals surface area contributed by atoms with E-state index in [9.17, 15) is 4.79 Å². The summed E-state index contributed by atoms with van der Waals surface area (Å²) in [5.74, 6) is 5.09. The number of carbonyl (C=O) groups is 1. The maximum Gasteiger partial charge on any atom is 0.217 e. The third kappa shape index (κ3) is 5.60. The number of rotatable bonds is 4. The minimum Gasteiger partial charge on any atom is -0.351 e. The molecule has 0 saturated heterocycles. The van der Waals surface area contributed by atoms with E-state index in [4.69, 9.17) is 10.7 Å². The van der Waals surface area contributed by atoms with Gasteiger partial charge in [-0.05, 0) is 27.7 Å². The van der Waals surface area contributed by atoms with Crippen molar-refractivity contribution in [2.24, 2.45) is 5.90 Å². The molecule has 4 nitrogen and oxygen atoms in total. The molecular weight excluding hydrogens is 168 g/mol. The fourth-order valence-electron chi connectivity index (χ4n) is 1.63. The zero-order valence-electron chi connectivity index (χ0n) is 9.10. The van der Waals surface area contributed by atoms with E-state index in [-0.39, 0.29) is 11.4 Å². The van der Waals surface area contributed by atoms with Crippen molar-refractivity contribution in [1.82, 2.24) is 5.32 Å². The smallest absolute Gasteiger partial charge is 0.217 e. The Morgan fingerprint density at radius 2 is 1.85 bits per heavy atom. The highest BCUT2D eigenvalue weighted by molar-refractivity contribution is 5.73. The molecule has 0 heterocycles. The fraction of sp³-hybridized carbons (Fsp3) is 0.889. The van der Waals surface area contributed by atoms with E-state index < -0.39 is 5.60 Å². The van der Waals surface area contributed by atoms with E-state index in [0.717, 1.165) is 0 Å². The Morgan fingerprint density at radius 3 is 2.15 bits per heavy atom. The van der Waals surface area contributed by atoms with Crippen LogP contribution in [0.5, 0.6) is 0 Å². The van der Waals surface area contributed by atoms with Gasteiger partial charge in [0.1, 0.15) is 0 Å². The van der Waals surface area contributed by atoms with Gasteiger partial charge in [0.2, 0.25) is 5.91 Å². The van der Waals surface area contributed by atoms with Crippen molar-refractivity contribution in [2.75, 3.05) is 0 Å². The zero-order chi connectivity index (χ0) is 10.7. The summed E-state index contributed by atoms with van der Waals surface area (Å²) in [5, 5.41) is 2.84. The molecule has 0 aromatic heterocycles. The molecule has 0 unspecified atom stereocenters. The first-order valence-corrected chi connectivity index (χ1v) is 4.35. The number of hydrogen-bond donors (Lipinski definition) is 2. The van der Waals surface area contributed by atoms with E-state index >= 15 is 0 Å². The molecule has 0 aliphatic rings. The van der Waals surface area contributed by atoms with Crippen LogP contribution in [0, 0.1) is 0 Å². The molecule has 0 radical (unpaired) electrons. The molecule has 0 aromatic rings. The molecule has 0 saturated carbocycles. The summed E-state index contributed by atoms with van der Waals surface area (Å²) in [6.07, 6.45) is 0.663. The van der Waals surface area contributed by atoms with Gasteiger partial charge in [0, 0.05) is 18.9 Å². The van der Waals surface area contributed by atoms with Gasteiger partial charge in [-0.25, -0.2) is 5.90 Å². The van der Waals surface area contributed by atoms with Crippen LogP contribution in [0.1, 0.15) is 41.0 Å². The molecular formula is C9H20N2O2. The highest BCUT2D eigenvalue weighted by Gasteiger charge is 2.29. The SMILES string of the molecule is CC(=O)NC(C)(C)CC(C)(C)ON. The Balaban J connectivity index is 4.24. The molecule has 13 heavy (non-hydrogen) atoms. The van der Waals surface area contributed by atoms with Crippen LogP contribution >= 0.6 is 0 Å². The first-order chi connectivity index (χ1) is 5.68. The van der Waals surface area contributed by atoms with Crippen molar-refractivity contribution in [3.05, 3.63) is 0 Å². The van der Waals surface area contributed by atoms with Crippen LogP contribution in [0.2, 0.25) is 0 Å². The van der Waals surface area contributed by atoms with Gasteiger partial charge in [0.05, 0.1) is 5.60 Å². The molecule has 78 valence electrons. The molecule has 0 fully saturated rings. The maximum atomic E-state index is 10.9. The second kappa shape index (κ2) is 4.07. The molecule has 0 bridgehead atoms. The third-order valence-electron chi connectivity index (χ3n) is 1.70. The molecule has 0 rings (SSSR count). The highest BCUT2D eigenvalue weighted by atomic mass is 16.6. The minimum atomic E-state index is -0.425. The summed E-state index contributed by atoms with van der Waals surface area (Å²) >= 11 is 0. The Morgan fingerprint density at radius 1 is 1.38 bits per heavy atom. The van der Waals surface area contributed by atoms with Gasteiger partial charge in [0.25, 0.3) is 0 Å². The number of hydrogen-bond acceptors (Lipinski definition) is 3. The van der Waals surface area contributed by atoms with Crippen LogP contribution in [-0.2, 0) is 9.63 Å². The molecule has 0 spiro atoms. The molecule has 0 aromatic carbocycles. The van der Waals surface area contributed by atoms with E-state index in [1.807, 2.05) is 27.7 Å². The second-order valence-corrected chi connectivity index (χ2v) is 4.62. The lowest BCUT2D eigenvalue weighted by molar-refractivity contribution is -0.121. The van der Waals surface area contributed by atoms with Crippen LogP contribution in [0.4, 0.5) is 0 Å². The van der Waals surface area contributed by atoms with Gasteiger partial charge in [-0.15, -0.1) is 0 Å². The molecule has 1 amide bonds. The van der Waals surface area contributed by atoms with Crippen LogP contribution in [0.15, 0.2) is 0 Å². The van der Waals surface area contributed by atoms with E-state index in [1.165, 1.54) is 6.92 Å². The predicted octanol–water partition coefficient (Wildman–Crippen LogP) is 0.960. The van der Waals surface area contributed by atoms with Gasteiger partial charge in [-0.1, -0.05) is 0 Å². The summed E-state index contributed by atoms with van der Waals surface area (Å²) in [6, 6.07) is 0. The second-order valence-electron chi connectivity index (χ2n) is 4.62. The maximum absolute atomic E-state index is 10.9. The fourth-order valence-corrected chi connectivity index (χ4v) is 1.63. The average molecular weight is 188 g/mol. The van der Waals surface area contributed by atoms with Crippen LogP contribution in [0.25, 0.3) is 0 Å². The molecule has 4 heteroatoms. The lowest BCUT2D eigenvalue weighted by atomic mass is 9.89. The predicted molar refractivity (Wildman–Crippen MR) is 51.9 cm³/mol. The lowest BCUT2D eigenvalue weighted by Crippen LogP contribution is -2.48. The van der Waals surface area contributed by atoms with Gasteiger partial charge in [-0.2, -0.15) is 0 Å². The normalized spacial score (nSPS) is 12.8. The van der Waals surface area contributed by atoms with E-state index in [2.05, 4.69) is 5.32 Å². The van der Waals surface area contributed by atoms with Gasteiger partial charge >= 0.3 is 0 Å². The van der Waals surface area contributed by atoms with Gasteiger partial charge in [0.15, 0.2) is 0 Å². The first kappa shape index (κ1) is 12.4. The largest absolute Gasteiger partial charge is 0.351 e. The number of nitrogens with two attached hydrogens (primary N) is 1. The van der Waals surface area contributed by atoms with E-state index in [1.54, 1.807) is 0 Å². The topological polar surface area (TPSA) is 64.3 Å². The Bertz CT molecular complexity index is 188. The summed E-state index contributed by atoms with van der Waals surface area (Å²) < 4.78 is 0. The van der Waals surface area contributed by atoms with Crippen LogP contribution in [-0.4, -0.2) is 17.0 Å². The number of carbonyl (C=O) groups excluding carboxylic acids is 1. The van der Waals surface area contributed by atoms with Crippen molar-refractivity contribution in [2.45, 2.75) is 52.2 Å². The van der Waals surface area contributed by atoms with Crippen molar-refractivity contribution in [3.8, 4) is 0 Å².